The summed E-state index contributed by atoms with van der Waals surface area (Å²) in [5, 5.41) is 6.79. The molecule has 4 nitrogen and oxygen atoms in total. The first-order chi connectivity index (χ1) is 11.3. The highest BCUT2D eigenvalue weighted by molar-refractivity contribution is 5.94. The first kappa shape index (κ1) is 15.2. The van der Waals surface area contributed by atoms with E-state index in [4.69, 9.17) is 4.74 Å². The third-order valence-corrected chi connectivity index (χ3v) is 3.66. The number of nitrogens with one attached hydrogen (secondary N) is 1. The van der Waals surface area contributed by atoms with Crippen molar-refractivity contribution in [3.05, 3.63) is 69.0 Å². The van der Waals surface area contributed by atoms with Crippen molar-refractivity contribution in [3.63, 3.8) is 0 Å². The Balaban J connectivity index is 1.99. The maximum Gasteiger partial charge on any atom is 0.251 e. The summed E-state index contributed by atoms with van der Waals surface area (Å²) in [4.78, 5) is 16.7. The van der Waals surface area contributed by atoms with Crippen LogP contribution in [-0.4, -0.2) is 26.2 Å². The van der Waals surface area contributed by atoms with E-state index in [1.807, 2.05) is 60.8 Å². The molecule has 0 radical (unpaired) electrons. The first-order valence-corrected chi connectivity index (χ1v) is 7.50. The second-order valence-electron chi connectivity index (χ2n) is 5.24. The summed E-state index contributed by atoms with van der Waals surface area (Å²) in [6.45, 7) is 0.997. The number of rotatable bonds is 4. The van der Waals surface area contributed by atoms with E-state index in [0.717, 1.165) is 21.0 Å². The molecule has 1 N–H and O–H groups in total. The largest absolute Gasteiger partial charge is 0.383 e. The number of amides is 1. The summed E-state index contributed by atoms with van der Waals surface area (Å²) in [6.07, 6.45) is 5.88. The highest BCUT2D eigenvalue weighted by Crippen LogP contribution is 1.93. The molecule has 0 unspecified atom stereocenters. The van der Waals surface area contributed by atoms with Crippen LogP contribution in [-0.2, 0) is 4.74 Å². The number of hydrogen-bond donors (Lipinski definition) is 1. The third kappa shape index (κ3) is 3.55. The molecule has 0 fully saturated rings. The van der Waals surface area contributed by atoms with Crippen LogP contribution in [0.25, 0.3) is 18.4 Å². The third-order valence-electron chi connectivity index (χ3n) is 3.66. The van der Waals surface area contributed by atoms with Crippen LogP contribution in [0.5, 0.6) is 0 Å². The van der Waals surface area contributed by atoms with E-state index in [9.17, 15) is 4.79 Å². The zero-order valence-electron chi connectivity index (χ0n) is 13.0. The fourth-order valence-corrected chi connectivity index (χ4v) is 2.41. The van der Waals surface area contributed by atoms with Gasteiger partial charge in [-0.15, -0.1) is 0 Å². The Bertz CT molecular complexity index is 962. The number of fused-ring (bicyclic) bond motifs is 2. The van der Waals surface area contributed by atoms with Crippen LogP contribution in [0.3, 0.4) is 0 Å². The van der Waals surface area contributed by atoms with Crippen LogP contribution in [0.1, 0.15) is 10.4 Å². The lowest BCUT2D eigenvalue weighted by atomic mass is 10.1. The summed E-state index contributed by atoms with van der Waals surface area (Å²) in [5.41, 5.74) is 0.631. The van der Waals surface area contributed by atoms with Crippen molar-refractivity contribution in [3.8, 4) is 0 Å². The zero-order valence-corrected chi connectivity index (χ0v) is 13.0. The van der Waals surface area contributed by atoms with Crippen molar-refractivity contribution >= 4 is 24.3 Å². The molecule has 0 atom stereocenters. The predicted molar refractivity (Wildman–Crippen MR) is 90.5 cm³/mol. The number of ether oxygens (including phenoxy) is 1. The van der Waals surface area contributed by atoms with Crippen molar-refractivity contribution in [2.45, 2.75) is 0 Å². The summed E-state index contributed by atoms with van der Waals surface area (Å²) < 4.78 is 4.94. The van der Waals surface area contributed by atoms with Gasteiger partial charge in [-0.2, -0.15) is 0 Å². The number of carbonyl (C=O) groups excluding carboxylic acids is 1. The van der Waals surface area contributed by atoms with Crippen LogP contribution in [0.2, 0.25) is 0 Å². The normalized spacial score (nSPS) is 12.0. The van der Waals surface area contributed by atoms with E-state index >= 15 is 0 Å². The predicted octanol–water partition coefficient (Wildman–Crippen LogP) is -0.305. The highest BCUT2D eigenvalue weighted by atomic mass is 16.5. The van der Waals surface area contributed by atoms with Crippen molar-refractivity contribution in [2.75, 3.05) is 20.3 Å². The number of benzene rings is 2. The number of para-hydroxylation sites is 1. The van der Waals surface area contributed by atoms with Gasteiger partial charge >= 0.3 is 0 Å². The lowest BCUT2D eigenvalue weighted by Crippen LogP contribution is -2.32. The molecule has 1 aliphatic heterocycles. The Kier molecular flexibility index (Phi) is 4.64. The van der Waals surface area contributed by atoms with Gasteiger partial charge in [0.1, 0.15) is 0 Å². The fourth-order valence-electron chi connectivity index (χ4n) is 2.41. The standard InChI is InChI=1S/C19H18N2O2/c1-23-11-10-20-19(22)16-8-9-17-13-21-18-5-3-2-4-14(18)6-7-15(17)12-16/h2-9,12-13H,10-11H2,1H3,(H,20,22). The maximum absolute atomic E-state index is 12.1. The van der Waals surface area contributed by atoms with E-state index in [0.29, 0.717) is 18.7 Å². The van der Waals surface area contributed by atoms with Gasteiger partial charge < -0.3 is 10.1 Å². The molecule has 116 valence electrons. The number of methoxy groups -OCH3 is 1. The van der Waals surface area contributed by atoms with Crippen molar-refractivity contribution in [1.29, 1.82) is 0 Å². The van der Waals surface area contributed by atoms with Gasteiger partial charge in [-0.3, -0.25) is 9.79 Å². The lowest BCUT2D eigenvalue weighted by molar-refractivity contribution is 0.0937. The quantitative estimate of drug-likeness (QED) is 0.788. The van der Waals surface area contributed by atoms with Gasteiger partial charge in [0.05, 0.1) is 12.0 Å². The molecule has 0 aliphatic carbocycles. The first-order valence-electron chi connectivity index (χ1n) is 7.50. The molecular formula is C19H18N2O2. The number of hydrogen-bond acceptors (Lipinski definition) is 3. The SMILES string of the molecule is COCCNC(=O)c1ccc2c(c1)=CC=c1ccccc1=NC=2. The van der Waals surface area contributed by atoms with Crippen molar-refractivity contribution in [2.24, 2.45) is 4.99 Å². The number of carbonyl (C=O) groups is 1. The van der Waals surface area contributed by atoms with E-state index in [-0.39, 0.29) is 5.91 Å². The average molecular weight is 306 g/mol. The Labute approximate surface area is 134 Å². The van der Waals surface area contributed by atoms with E-state index in [1.54, 1.807) is 7.11 Å². The van der Waals surface area contributed by atoms with Crippen LogP contribution < -0.4 is 26.3 Å². The molecule has 1 aliphatic rings. The summed E-state index contributed by atoms with van der Waals surface area (Å²) >= 11 is 0. The van der Waals surface area contributed by atoms with Gasteiger partial charge in [0.25, 0.3) is 5.91 Å². The van der Waals surface area contributed by atoms with Gasteiger partial charge in [0.2, 0.25) is 0 Å². The summed E-state index contributed by atoms with van der Waals surface area (Å²) in [7, 11) is 1.61. The van der Waals surface area contributed by atoms with E-state index < -0.39 is 0 Å². The zero-order chi connectivity index (χ0) is 16.1. The minimum atomic E-state index is -0.0994. The smallest absolute Gasteiger partial charge is 0.251 e. The monoisotopic (exact) mass is 306 g/mol. The lowest BCUT2D eigenvalue weighted by Gasteiger charge is -2.04. The minimum absolute atomic E-state index is 0.0994. The Morgan fingerprint density at radius 1 is 1.09 bits per heavy atom. The molecule has 2 aromatic rings. The molecule has 23 heavy (non-hydrogen) atoms. The molecular weight excluding hydrogens is 288 g/mol. The van der Waals surface area contributed by atoms with Gasteiger partial charge in [0.15, 0.2) is 0 Å². The van der Waals surface area contributed by atoms with E-state index in [2.05, 4.69) is 10.3 Å². The van der Waals surface area contributed by atoms with Gasteiger partial charge in [-0.05, 0) is 23.4 Å². The molecule has 1 amide bonds. The molecule has 3 rings (SSSR count). The van der Waals surface area contributed by atoms with Crippen LogP contribution in [0.15, 0.2) is 47.5 Å². The highest BCUT2D eigenvalue weighted by Gasteiger charge is 2.04. The Hall–Kier alpha value is -2.72. The van der Waals surface area contributed by atoms with Crippen molar-refractivity contribution < 1.29 is 9.53 Å². The number of nitrogens with zero attached hydrogens (tertiary/aromatic N) is 1. The Morgan fingerprint density at radius 2 is 1.91 bits per heavy atom. The van der Waals surface area contributed by atoms with Gasteiger partial charge in [-0.1, -0.05) is 36.4 Å². The second kappa shape index (κ2) is 7.03. The molecule has 0 saturated heterocycles. The van der Waals surface area contributed by atoms with Gasteiger partial charge in [0, 0.05) is 35.9 Å². The van der Waals surface area contributed by atoms with Crippen LogP contribution >= 0.6 is 0 Å². The minimum Gasteiger partial charge on any atom is -0.383 e. The maximum atomic E-state index is 12.1. The van der Waals surface area contributed by atoms with Crippen molar-refractivity contribution in [1.82, 2.24) is 5.32 Å². The molecule has 1 heterocycles. The molecule has 0 saturated carbocycles. The molecule has 0 bridgehead atoms. The van der Waals surface area contributed by atoms with E-state index in [1.165, 1.54) is 0 Å². The second-order valence-corrected chi connectivity index (χ2v) is 5.24. The van der Waals surface area contributed by atoms with Gasteiger partial charge in [-0.25, -0.2) is 0 Å². The topological polar surface area (TPSA) is 50.7 Å². The molecule has 4 heteroatoms. The Morgan fingerprint density at radius 3 is 2.78 bits per heavy atom. The summed E-state index contributed by atoms with van der Waals surface area (Å²) in [5.74, 6) is -0.0994. The molecule has 0 spiro atoms. The fraction of sp³-hybridized carbons (Fsp3) is 0.158. The van der Waals surface area contributed by atoms with Crippen LogP contribution in [0, 0.1) is 0 Å². The van der Waals surface area contributed by atoms with Crippen LogP contribution in [0.4, 0.5) is 0 Å². The average Bonchev–Trinajstić information content (AvgIpc) is 2.57. The summed E-state index contributed by atoms with van der Waals surface area (Å²) in [6, 6.07) is 13.6. The molecule has 2 aromatic carbocycles. The molecule has 0 aromatic heterocycles.